The van der Waals surface area contributed by atoms with Crippen LogP contribution in [0.1, 0.15) is 52.1 Å². The summed E-state index contributed by atoms with van der Waals surface area (Å²) < 4.78 is 0. The smallest absolute Gasteiger partial charge is 0.224 e. The predicted octanol–water partition coefficient (Wildman–Crippen LogP) is 3.62. The molecular weight excluding hydrogens is 248 g/mol. The van der Waals surface area contributed by atoms with Gasteiger partial charge in [-0.1, -0.05) is 26.7 Å². The van der Waals surface area contributed by atoms with E-state index in [4.69, 9.17) is 0 Å². The van der Waals surface area contributed by atoms with Gasteiger partial charge in [0, 0.05) is 31.4 Å². The number of aryl methyl sites for hydroxylation is 1. The van der Waals surface area contributed by atoms with Crippen molar-refractivity contribution in [3.05, 3.63) is 11.8 Å². The Morgan fingerprint density at radius 1 is 1.15 bits per heavy atom. The Labute approximate surface area is 123 Å². The van der Waals surface area contributed by atoms with Gasteiger partial charge in [-0.05, 0) is 32.1 Å². The van der Waals surface area contributed by atoms with Crippen LogP contribution in [0.5, 0.6) is 0 Å². The minimum Gasteiger partial charge on any atom is -0.356 e. The van der Waals surface area contributed by atoms with Crippen molar-refractivity contribution in [1.29, 1.82) is 0 Å². The van der Waals surface area contributed by atoms with E-state index in [0.29, 0.717) is 5.41 Å². The zero-order valence-corrected chi connectivity index (χ0v) is 13.4. The maximum atomic E-state index is 4.65. The van der Waals surface area contributed by atoms with E-state index in [1.165, 1.54) is 25.7 Å². The molecule has 112 valence electrons. The van der Waals surface area contributed by atoms with Gasteiger partial charge in [-0.15, -0.1) is 0 Å². The van der Waals surface area contributed by atoms with Gasteiger partial charge in [0.15, 0.2) is 0 Å². The van der Waals surface area contributed by atoms with Crippen molar-refractivity contribution >= 4 is 11.8 Å². The molecule has 0 unspecified atom stereocenters. The first-order valence-corrected chi connectivity index (χ1v) is 7.97. The zero-order valence-electron chi connectivity index (χ0n) is 13.4. The number of hydrogen-bond acceptors (Lipinski definition) is 4. The summed E-state index contributed by atoms with van der Waals surface area (Å²) in [7, 11) is 0. The Hall–Kier alpha value is -1.32. The van der Waals surface area contributed by atoms with Crippen LogP contribution < -0.4 is 10.2 Å². The molecule has 4 heteroatoms. The largest absolute Gasteiger partial charge is 0.356 e. The van der Waals surface area contributed by atoms with Crippen LogP contribution >= 0.6 is 0 Å². The molecule has 2 rings (SSSR count). The molecule has 0 amide bonds. The average molecular weight is 276 g/mol. The zero-order chi connectivity index (χ0) is 14.6. The molecule has 0 spiro atoms. The third kappa shape index (κ3) is 3.22. The number of aromatic nitrogens is 2. The van der Waals surface area contributed by atoms with Crippen LogP contribution in [0.3, 0.4) is 0 Å². The molecule has 0 bridgehead atoms. The van der Waals surface area contributed by atoms with Crippen LogP contribution in [-0.4, -0.2) is 29.6 Å². The highest BCUT2D eigenvalue weighted by Gasteiger charge is 2.31. The Morgan fingerprint density at radius 2 is 1.80 bits per heavy atom. The monoisotopic (exact) mass is 276 g/mol. The third-order valence-corrected chi connectivity index (χ3v) is 4.82. The van der Waals surface area contributed by atoms with Crippen molar-refractivity contribution in [1.82, 2.24) is 9.97 Å². The maximum absolute atomic E-state index is 4.65. The molecule has 2 heterocycles. The van der Waals surface area contributed by atoms with Crippen LogP contribution in [0.2, 0.25) is 0 Å². The lowest BCUT2D eigenvalue weighted by Gasteiger charge is -2.41. The Bertz CT molecular complexity index is 430. The van der Waals surface area contributed by atoms with Crippen molar-refractivity contribution in [2.45, 2.75) is 53.4 Å². The van der Waals surface area contributed by atoms with Crippen molar-refractivity contribution in [3.63, 3.8) is 0 Å². The Balaban J connectivity index is 2.10. The summed E-state index contributed by atoms with van der Waals surface area (Å²) in [5.74, 6) is 1.83. The normalized spacial score (nSPS) is 18.1. The molecule has 0 saturated carbocycles. The van der Waals surface area contributed by atoms with Gasteiger partial charge in [-0.2, -0.15) is 4.98 Å². The van der Waals surface area contributed by atoms with Crippen molar-refractivity contribution < 1.29 is 0 Å². The van der Waals surface area contributed by atoms with E-state index in [-0.39, 0.29) is 0 Å². The first-order chi connectivity index (χ1) is 9.62. The molecule has 20 heavy (non-hydrogen) atoms. The number of anilines is 2. The molecule has 1 aliphatic heterocycles. The summed E-state index contributed by atoms with van der Waals surface area (Å²) in [6.07, 6.45) is 5.14. The molecule has 1 fully saturated rings. The molecule has 0 aliphatic carbocycles. The number of hydrogen-bond donors (Lipinski definition) is 1. The topological polar surface area (TPSA) is 41.1 Å². The van der Waals surface area contributed by atoms with E-state index in [1.807, 2.05) is 6.92 Å². The first-order valence-electron chi connectivity index (χ1n) is 7.97. The quantitative estimate of drug-likeness (QED) is 0.891. The summed E-state index contributed by atoms with van der Waals surface area (Å²) in [4.78, 5) is 11.5. The van der Waals surface area contributed by atoms with Gasteiger partial charge < -0.3 is 10.2 Å². The second kappa shape index (κ2) is 6.42. The van der Waals surface area contributed by atoms with Crippen molar-refractivity contribution in [2.24, 2.45) is 5.41 Å². The molecular formula is C16H28N4. The fourth-order valence-electron chi connectivity index (χ4n) is 3.12. The Kier molecular flexibility index (Phi) is 4.84. The number of piperidine rings is 1. The molecule has 0 radical (unpaired) electrons. The van der Waals surface area contributed by atoms with Crippen molar-refractivity contribution in [2.75, 3.05) is 29.9 Å². The highest BCUT2D eigenvalue weighted by Crippen LogP contribution is 2.38. The predicted molar refractivity (Wildman–Crippen MR) is 85.4 cm³/mol. The fourth-order valence-corrected chi connectivity index (χ4v) is 3.12. The van der Waals surface area contributed by atoms with Gasteiger partial charge in [-0.3, -0.25) is 0 Å². The molecule has 1 aromatic rings. The standard InChI is InChI=1S/C16H28N4/c1-5-16(6-2)8-10-20(11-9-16)14-12-13(4)18-15(19-14)17-7-3/h12H,5-11H2,1-4H3,(H,17,18,19). The van der Waals surface area contributed by atoms with Gasteiger partial charge in [0.1, 0.15) is 5.82 Å². The number of nitrogens with one attached hydrogen (secondary N) is 1. The van der Waals surface area contributed by atoms with Gasteiger partial charge in [0.05, 0.1) is 0 Å². The highest BCUT2D eigenvalue weighted by molar-refractivity contribution is 5.45. The van der Waals surface area contributed by atoms with E-state index < -0.39 is 0 Å². The van der Waals surface area contributed by atoms with E-state index in [9.17, 15) is 0 Å². The third-order valence-electron chi connectivity index (χ3n) is 4.82. The minimum atomic E-state index is 0.559. The Morgan fingerprint density at radius 3 is 2.35 bits per heavy atom. The van der Waals surface area contributed by atoms with Gasteiger partial charge >= 0.3 is 0 Å². The summed E-state index contributed by atoms with van der Waals surface area (Å²) in [5.41, 5.74) is 1.59. The number of rotatable bonds is 5. The molecule has 1 aromatic heterocycles. The number of nitrogens with zero attached hydrogens (tertiary/aromatic N) is 3. The SMILES string of the molecule is CCNc1nc(C)cc(N2CCC(CC)(CC)CC2)n1. The van der Waals surface area contributed by atoms with Crippen LogP contribution in [0.25, 0.3) is 0 Å². The van der Waals surface area contributed by atoms with E-state index in [2.05, 4.69) is 47.0 Å². The second-order valence-corrected chi connectivity index (χ2v) is 5.92. The highest BCUT2D eigenvalue weighted by atomic mass is 15.2. The van der Waals surface area contributed by atoms with Gasteiger partial charge in [0.25, 0.3) is 0 Å². The lowest BCUT2D eigenvalue weighted by atomic mass is 9.74. The molecule has 0 aromatic carbocycles. The first kappa shape index (κ1) is 15.1. The molecule has 4 nitrogen and oxygen atoms in total. The fraction of sp³-hybridized carbons (Fsp3) is 0.750. The van der Waals surface area contributed by atoms with Gasteiger partial charge in [-0.25, -0.2) is 4.98 Å². The second-order valence-electron chi connectivity index (χ2n) is 5.92. The minimum absolute atomic E-state index is 0.559. The van der Waals surface area contributed by atoms with Crippen molar-refractivity contribution in [3.8, 4) is 0 Å². The van der Waals surface area contributed by atoms with E-state index >= 15 is 0 Å². The lowest BCUT2D eigenvalue weighted by molar-refractivity contribution is 0.199. The summed E-state index contributed by atoms with van der Waals surface area (Å²) in [5, 5.41) is 3.22. The maximum Gasteiger partial charge on any atom is 0.224 e. The van der Waals surface area contributed by atoms with E-state index in [0.717, 1.165) is 37.1 Å². The lowest BCUT2D eigenvalue weighted by Crippen LogP contribution is -2.40. The van der Waals surface area contributed by atoms with Gasteiger partial charge in [0.2, 0.25) is 5.95 Å². The van der Waals surface area contributed by atoms with Crippen LogP contribution in [0.4, 0.5) is 11.8 Å². The summed E-state index contributed by atoms with van der Waals surface area (Å²) in [6.45, 7) is 11.9. The van der Waals surface area contributed by atoms with Crippen LogP contribution in [-0.2, 0) is 0 Å². The molecule has 1 saturated heterocycles. The summed E-state index contributed by atoms with van der Waals surface area (Å²) in [6, 6.07) is 2.10. The molecule has 1 aliphatic rings. The summed E-state index contributed by atoms with van der Waals surface area (Å²) >= 11 is 0. The van der Waals surface area contributed by atoms with Crippen LogP contribution in [0.15, 0.2) is 6.07 Å². The average Bonchev–Trinajstić information content (AvgIpc) is 2.47. The molecule has 0 atom stereocenters. The molecule has 1 N–H and O–H groups in total. The van der Waals surface area contributed by atoms with E-state index in [1.54, 1.807) is 0 Å². The van der Waals surface area contributed by atoms with Crippen LogP contribution in [0, 0.1) is 12.3 Å².